The topological polar surface area (TPSA) is 58.6 Å². The maximum Gasteiger partial charge on any atom is 0.325 e. The van der Waals surface area contributed by atoms with Crippen LogP contribution in [0.25, 0.3) is 0 Å². The standard InChI is InChI=1S/C17H32N2O3S/c1-7-13(2)12-22-10-8-16(3,4)23-11-9-19-14(20)17(5,6)18-15(19)21/h13H,7-12H2,1-6H3,(H,18,21). The van der Waals surface area contributed by atoms with Crippen molar-refractivity contribution in [2.45, 2.75) is 64.7 Å². The third-order valence-corrected chi connectivity index (χ3v) is 5.57. The summed E-state index contributed by atoms with van der Waals surface area (Å²) in [5.74, 6) is 1.21. The predicted octanol–water partition coefficient (Wildman–Crippen LogP) is 3.28. The highest BCUT2D eigenvalue weighted by Gasteiger charge is 2.43. The molecule has 134 valence electrons. The Morgan fingerprint density at radius 2 is 2.00 bits per heavy atom. The molecule has 1 fully saturated rings. The van der Waals surface area contributed by atoms with Gasteiger partial charge in [-0.2, -0.15) is 11.8 Å². The molecule has 1 rings (SSSR count). The molecule has 1 unspecified atom stereocenters. The lowest BCUT2D eigenvalue weighted by Gasteiger charge is -2.25. The summed E-state index contributed by atoms with van der Waals surface area (Å²) in [7, 11) is 0. The molecule has 1 heterocycles. The first-order chi connectivity index (χ1) is 10.6. The summed E-state index contributed by atoms with van der Waals surface area (Å²) >= 11 is 1.78. The fourth-order valence-corrected chi connectivity index (χ4v) is 3.28. The maximum atomic E-state index is 12.1. The Bertz CT molecular complexity index is 424. The molecule has 23 heavy (non-hydrogen) atoms. The van der Waals surface area contributed by atoms with Crippen molar-refractivity contribution in [3.05, 3.63) is 0 Å². The van der Waals surface area contributed by atoms with Crippen LogP contribution in [-0.4, -0.2) is 52.6 Å². The van der Waals surface area contributed by atoms with Crippen LogP contribution in [0.5, 0.6) is 0 Å². The number of thioether (sulfide) groups is 1. The molecular formula is C17H32N2O3S. The van der Waals surface area contributed by atoms with E-state index < -0.39 is 5.54 Å². The molecule has 0 saturated carbocycles. The van der Waals surface area contributed by atoms with Crippen molar-refractivity contribution < 1.29 is 14.3 Å². The van der Waals surface area contributed by atoms with Gasteiger partial charge < -0.3 is 10.1 Å². The maximum absolute atomic E-state index is 12.1. The summed E-state index contributed by atoms with van der Waals surface area (Å²) in [6.07, 6.45) is 2.10. The number of nitrogens with zero attached hydrogens (tertiary/aromatic N) is 1. The van der Waals surface area contributed by atoms with Crippen LogP contribution >= 0.6 is 11.8 Å². The Labute approximate surface area is 144 Å². The van der Waals surface area contributed by atoms with Gasteiger partial charge in [0.2, 0.25) is 0 Å². The van der Waals surface area contributed by atoms with Gasteiger partial charge in [-0.25, -0.2) is 4.79 Å². The second-order valence-electron chi connectivity index (χ2n) is 7.46. The second kappa shape index (κ2) is 8.38. The minimum absolute atomic E-state index is 0.0736. The Kier molecular flexibility index (Phi) is 7.39. The first kappa shape index (κ1) is 20.3. The third kappa shape index (κ3) is 6.34. The van der Waals surface area contributed by atoms with Crippen molar-refractivity contribution in [3.63, 3.8) is 0 Å². The van der Waals surface area contributed by atoms with E-state index in [2.05, 4.69) is 33.0 Å². The van der Waals surface area contributed by atoms with Crippen molar-refractivity contribution in [2.75, 3.05) is 25.5 Å². The third-order valence-electron chi connectivity index (χ3n) is 4.20. The summed E-state index contributed by atoms with van der Waals surface area (Å²) in [6.45, 7) is 14.2. The molecule has 0 radical (unpaired) electrons. The summed E-state index contributed by atoms with van der Waals surface area (Å²) in [5.41, 5.74) is -0.777. The lowest BCUT2D eigenvalue weighted by atomic mass is 10.1. The smallest absolute Gasteiger partial charge is 0.325 e. The van der Waals surface area contributed by atoms with Crippen molar-refractivity contribution >= 4 is 23.7 Å². The monoisotopic (exact) mass is 344 g/mol. The number of rotatable bonds is 10. The van der Waals surface area contributed by atoms with Gasteiger partial charge in [0.25, 0.3) is 5.91 Å². The number of hydrogen-bond acceptors (Lipinski definition) is 4. The summed E-state index contributed by atoms with van der Waals surface area (Å²) in [5, 5.41) is 2.71. The van der Waals surface area contributed by atoms with Crippen molar-refractivity contribution in [1.82, 2.24) is 10.2 Å². The van der Waals surface area contributed by atoms with Crippen LogP contribution in [0.15, 0.2) is 0 Å². The lowest BCUT2D eigenvalue weighted by molar-refractivity contribution is -0.130. The summed E-state index contributed by atoms with van der Waals surface area (Å²) in [6, 6.07) is -0.282. The number of ether oxygens (including phenoxy) is 1. The molecule has 0 aromatic rings. The fourth-order valence-electron chi connectivity index (χ4n) is 2.23. The average Bonchev–Trinajstić information content (AvgIpc) is 2.65. The van der Waals surface area contributed by atoms with Crippen LogP contribution in [-0.2, 0) is 9.53 Å². The molecule has 0 aliphatic carbocycles. The van der Waals surface area contributed by atoms with Gasteiger partial charge in [-0.15, -0.1) is 0 Å². The quantitative estimate of drug-likeness (QED) is 0.488. The average molecular weight is 345 g/mol. The highest BCUT2D eigenvalue weighted by Crippen LogP contribution is 2.28. The van der Waals surface area contributed by atoms with Gasteiger partial charge in [-0.1, -0.05) is 34.1 Å². The van der Waals surface area contributed by atoms with Gasteiger partial charge in [0.1, 0.15) is 5.54 Å². The molecule has 1 saturated heterocycles. The van der Waals surface area contributed by atoms with Gasteiger partial charge in [-0.3, -0.25) is 9.69 Å². The molecular weight excluding hydrogens is 312 g/mol. The Morgan fingerprint density at radius 3 is 2.52 bits per heavy atom. The normalized spacial score (nSPS) is 19.1. The number of hydrogen-bond donors (Lipinski definition) is 1. The molecule has 6 heteroatoms. The zero-order valence-corrected chi connectivity index (χ0v) is 16.2. The number of imide groups is 1. The molecule has 1 aliphatic rings. The Balaban J connectivity index is 2.28. The van der Waals surface area contributed by atoms with E-state index in [1.165, 1.54) is 4.90 Å². The number of nitrogens with one attached hydrogen (secondary N) is 1. The predicted molar refractivity (Wildman–Crippen MR) is 95.8 cm³/mol. The van der Waals surface area contributed by atoms with Gasteiger partial charge in [0.15, 0.2) is 0 Å². The van der Waals surface area contributed by atoms with Gasteiger partial charge >= 0.3 is 6.03 Å². The van der Waals surface area contributed by atoms with Crippen LogP contribution in [0, 0.1) is 5.92 Å². The van der Waals surface area contributed by atoms with E-state index in [4.69, 9.17) is 4.74 Å². The van der Waals surface area contributed by atoms with Crippen molar-refractivity contribution in [2.24, 2.45) is 5.92 Å². The van der Waals surface area contributed by atoms with Gasteiger partial charge in [-0.05, 0) is 26.2 Å². The molecule has 1 atom stereocenters. The van der Waals surface area contributed by atoms with E-state index in [1.54, 1.807) is 25.6 Å². The number of carbonyl (C=O) groups excluding carboxylic acids is 2. The Morgan fingerprint density at radius 1 is 1.35 bits per heavy atom. The molecule has 3 amide bonds. The van der Waals surface area contributed by atoms with E-state index in [1.807, 2.05) is 0 Å². The largest absolute Gasteiger partial charge is 0.381 e. The molecule has 0 bridgehead atoms. The minimum Gasteiger partial charge on any atom is -0.381 e. The first-order valence-electron chi connectivity index (χ1n) is 8.45. The van der Waals surface area contributed by atoms with E-state index in [9.17, 15) is 9.59 Å². The second-order valence-corrected chi connectivity index (χ2v) is 9.26. The highest BCUT2D eigenvalue weighted by atomic mass is 32.2. The summed E-state index contributed by atoms with van der Waals surface area (Å²) in [4.78, 5) is 25.3. The number of amides is 3. The van der Waals surface area contributed by atoms with Crippen molar-refractivity contribution in [1.29, 1.82) is 0 Å². The first-order valence-corrected chi connectivity index (χ1v) is 9.43. The van der Waals surface area contributed by atoms with E-state index in [-0.39, 0.29) is 16.7 Å². The minimum atomic E-state index is -0.777. The molecule has 0 aromatic heterocycles. The van der Waals surface area contributed by atoms with E-state index in [0.29, 0.717) is 12.5 Å². The van der Waals surface area contributed by atoms with Crippen LogP contribution in [0.1, 0.15) is 54.4 Å². The summed E-state index contributed by atoms with van der Waals surface area (Å²) < 4.78 is 5.80. The molecule has 1 N–H and O–H groups in total. The van der Waals surface area contributed by atoms with Crippen molar-refractivity contribution in [3.8, 4) is 0 Å². The van der Waals surface area contributed by atoms with Gasteiger partial charge in [0.05, 0.1) is 0 Å². The fraction of sp³-hybridized carbons (Fsp3) is 0.882. The van der Waals surface area contributed by atoms with Gasteiger partial charge in [0, 0.05) is 30.3 Å². The molecule has 1 aliphatic heterocycles. The van der Waals surface area contributed by atoms with E-state index >= 15 is 0 Å². The van der Waals surface area contributed by atoms with Crippen LogP contribution in [0.4, 0.5) is 4.79 Å². The molecule has 5 nitrogen and oxygen atoms in total. The molecule has 0 aromatic carbocycles. The number of urea groups is 1. The lowest BCUT2D eigenvalue weighted by Crippen LogP contribution is -2.40. The van der Waals surface area contributed by atoms with Crippen LogP contribution in [0.3, 0.4) is 0 Å². The Hall–Kier alpha value is -0.750. The van der Waals surface area contributed by atoms with E-state index in [0.717, 1.165) is 31.8 Å². The zero-order chi connectivity index (χ0) is 17.7. The van der Waals surface area contributed by atoms with Crippen LogP contribution < -0.4 is 5.32 Å². The highest BCUT2D eigenvalue weighted by molar-refractivity contribution is 8.00. The SMILES string of the molecule is CCC(C)COCCC(C)(C)SCCN1C(=O)NC(C)(C)C1=O. The van der Waals surface area contributed by atoms with Crippen LogP contribution in [0.2, 0.25) is 0 Å². The zero-order valence-electron chi connectivity index (χ0n) is 15.4. The number of carbonyl (C=O) groups is 2. The molecule has 0 spiro atoms.